The smallest absolute Gasteiger partial charge is 0.304 e. The number of nitrogens with zero attached hydrogens (tertiary/aromatic N) is 5. The number of hydrogen-bond acceptors (Lipinski definition) is 4. The summed E-state index contributed by atoms with van der Waals surface area (Å²) < 4.78 is 69.3. The van der Waals surface area contributed by atoms with E-state index in [1.54, 1.807) is 11.6 Å². The highest BCUT2D eigenvalue weighted by atomic mass is 32.2. The van der Waals surface area contributed by atoms with E-state index >= 15 is 0 Å². The molecule has 0 radical (unpaired) electrons. The SMILES string of the molecule is C[C@H]1Cn2ncc(N3CCN(C)S3(=O)=O)c2CN1C(=O)Cc1cc(F)c(F)c(F)c1. The normalized spacial score (nSPS) is 21.2. The summed E-state index contributed by atoms with van der Waals surface area (Å²) in [6.45, 7) is 2.85. The summed E-state index contributed by atoms with van der Waals surface area (Å²) in [4.78, 5) is 14.4. The molecule has 0 bridgehead atoms. The van der Waals surface area contributed by atoms with Crippen LogP contribution >= 0.6 is 0 Å². The van der Waals surface area contributed by atoms with Crippen LogP contribution in [0.15, 0.2) is 18.3 Å². The number of amides is 1. The molecule has 0 N–H and O–H groups in total. The molecule has 2 aliphatic rings. The average molecular weight is 443 g/mol. The summed E-state index contributed by atoms with van der Waals surface area (Å²) in [7, 11) is -2.15. The van der Waals surface area contributed by atoms with Gasteiger partial charge < -0.3 is 4.90 Å². The molecule has 1 aromatic carbocycles. The van der Waals surface area contributed by atoms with Crippen molar-refractivity contribution in [3.05, 3.63) is 47.0 Å². The van der Waals surface area contributed by atoms with Crippen LogP contribution in [0.3, 0.4) is 0 Å². The zero-order valence-corrected chi connectivity index (χ0v) is 17.2. The number of fused-ring (bicyclic) bond motifs is 1. The topological polar surface area (TPSA) is 78.8 Å². The summed E-state index contributed by atoms with van der Waals surface area (Å²) in [5, 5.41) is 4.27. The van der Waals surface area contributed by atoms with E-state index in [4.69, 9.17) is 0 Å². The van der Waals surface area contributed by atoms with Gasteiger partial charge in [-0.15, -0.1) is 0 Å². The first-order valence-electron chi connectivity index (χ1n) is 9.31. The second-order valence-corrected chi connectivity index (χ2v) is 9.44. The van der Waals surface area contributed by atoms with E-state index in [1.165, 1.54) is 26.8 Å². The fourth-order valence-corrected chi connectivity index (χ4v) is 5.15. The summed E-state index contributed by atoms with van der Waals surface area (Å²) >= 11 is 0. The van der Waals surface area contributed by atoms with Gasteiger partial charge in [-0.2, -0.15) is 17.8 Å². The van der Waals surface area contributed by atoms with Gasteiger partial charge in [0.05, 0.1) is 37.1 Å². The summed E-state index contributed by atoms with van der Waals surface area (Å²) in [5.74, 6) is -4.70. The average Bonchev–Trinajstić information content (AvgIpc) is 3.18. The third-order valence-electron chi connectivity index (χ3n) is 5.49. The predicted molar refractivity (Wildman–Crippen MR) is 101 cm³/mol. The van der Waals surface area contributed by atoms with Gasteiger partial charge in [0.25, 0.3) is 0 Å². The molecular formula is C18H20F3N5O3S. The Morgan fingerprint density at radius 1 is 1.20 bits per heavy atom. The second-order valence-electron chi connectivity index (χ2n) is 7.48. The lowest BCUT2D eigenvalue weighted by molar-refractivity contribution is -0.134. The van der Waals surface area contributed by atoms with Crippen LogP contribution in [0.1, 0.15) is 18.2 Å². The largest absolute Gasteiger partial charge is 0.332 e. The van der Waals surface area contributed by atoms with Gasteiger partial charge in [0.15, 0.2) is 17.5 Å². The first-order chi connectivity index (χ1) is 14.1. The molecule has 2 aliphatic heterocycles. The van der Waals surface area contributed by atoms with E-state index in [0.29, 0.717) is 24.5 Å². The van der Waals surface area contributed by atoms with Crippen molar-refractivity contribution < 1.29 is 26.4 Å². The minimum atomic E-state index is -3.64. The molecule has 1 aromatic heterocycles. The molecule has 162 valence electrons. The Hall–Kier alpha value is -2.60. The monoisotopic (exact) mass is 443 g/mol. The number of hydrogen-bond donors (Lipinski definition) is 0. The molecular weight excluding hydrogens is 423 g/mol. The molecule has 0 aliphatic carbocycles. The second kappa shape index (κ2) is 7.27. The number of rotatable bonds is 3. The van der Waals surface area contributed by atoms with Crippen molar-refractivity contribution in [3.63, 3.8) is 0 Å². The van der Waals surface area contributed by atoms with Crippen LogP contribution in [0.25, 0.3) is 0 Å². The lowest BCUT2D eigenvalue weighted by atomic mass is 10.1. The van der Waals surface area contributed by atoms with E-state index in [2.05, 4.69) is 5.10 Å². The van der Waals surface area contributed by atoms with Gasteiger partial charge in [-0.3, -0.25) is 13.8 Å². The lowest BCUT2D eigenvalue weighted by Gasteiger charge is -2.35. The molecule has 0 spiro atoms. The summed E-state index contributed by atoms with van der Waals surface area (Å²) in [5.41, 5.74) is 0.992. The van der Waals surface area contributed by atoms with Gasteiger partial charge in [-0.25, -0.2) is 13.2 Å². The standard InChI is InChI=1S/C18H20F3N5O3S/c1-11-9-25-16(15(8-22-25)26-4-3-23(2)30(26,28)29)10-24(11)17(27)7-12-5-13(19)18(21)14(20)6-12/h5-6,8,11H,3-4,7,9-10H2,1-2H3/t11-/m0/s1. The van der Waals surface area contributed by atoms with E-state index < -0.39 is 33.6 Å². The number of aromatic nitrogens is 2. The highest BCUT2D eigenvalue weighted by Crippen LogP contribution is 2.31. The quantitative estimate of drug-likeness (QED) is 0.670. The van der Waals surface area contributed by atoms with Gasteiger partial charge in [0.2, 0.25) is 5.91 Å². The molecule has 3 heterocycles. The molecule has 2 aromatic rings. The van der Waals surface area contributed by atoms with Crippen molar-refractivity contribution in [1.82, 2.24) is 19.0 Å². The van der Waals surface area contributed by atoms with E-state index in [9.17, 15) is 26.4 Å². The van der Waals surface area contributed by atoms with Crippen molar-refractivity contribution in [2.45, 2.75) is 32.5 Å². The lowest BCUT2D eigenvalue weighted by Crippen LogP contribution is -2.46. The van der Waals surface area contributed by atoms with Crippen LogP contribution in [-0.4, -0.2) is 59.5 Å². The molecule has 1 saturated heterocycles. The number of halogens is 3. The maximum atomic E-state index is 13.5. The first-order valence-corrected chi connectivity index (χ1v) is 10.7. The van der Waals surface area contributed by atoms with Crippen LogP contribution < -0.4 is 4.31 Å². The third kappa shape index (κ3) is 3.33. The molecule has 0 unspecified atom stereocenters. The molecule has 1 atom stereocenters. The molecule has 1 amide bonds. The highest BCUT2D eigenvalue weighted by Gasteiger charge is 2.38. The number of carbonyl (C=O) groups excluding carboxylic acids is 1. The molecule has 1 fully saturated rings. The maximum Gasteiger partial charge on any atom is 0.304 e. The van der Waals surface area contributed by atoms with Crippen molar-refractivity contribution in [1.29, 1.82) is 0 Å². The number of anilines is 1. The van der Waals surface area contributed by atoms with Crippen molar-refractivity contribution in [2.75, 3.05) is 24.4 Å². The number of likely N-dealkylation sites (N-methyl/N-ethyl adjacent to an activating group) is 1. The van der Waals surface area contributed by atoms with Crippen molar-refractivity contribution >= 4 is 21.8 Å². The Balaban J connectivity index is 1.59. The molecule has 12 heteroatoms. The summed E-state index contributed by atoms with van der Waals surface area (Å²) in [6, 6.07) is 1.33. The minimum Gasteiger partial charge on any atom is -0.332 e. The van der Waals surface area contributed by atoms with Crippen LogP contribution in [-0.2, 0) is 34.5 Å². The molecule has 30 heavy (non-hydrogen) atoms. The Labute approximate surface area is 171 Å². The zero-order chi connectivity index (χ0) is 21.8. The van der Waals surface area contributed by atoms with Crippen molar-refractivity contribution in [3.8, 4) is 0 Å². The van der Waals surface area contributed by atoms with E-state index in [-0.39, 0.29) is 31.1 Å². The summed E-state index contributed by atoms with van der Waals surface area (Å²) in [6.07, 6.45) is 1.16. The molecule has 8 nitrogen and oxygen atoms in total. The number of carbonyl (C=O) groups is 1. The fourth-order valence-electron chi connectivity index (χ4n) is 3.79. The van der Waals surface area contributed by atoms with Gasteiger partial charge in [0, 0.05) is 26.2 Å². The van der Waals surface area contributed by atoms with Gasteiger partial charge in [-0.1, -0.05) is 0 Å². The predicted octanol–water partition coefficient (Wildman–Crippen LogP) is 1.27. The van der Waals surface area contributed by atoms with Crippen LogP contribution in [0.5, 0.6) is 0 Å². The van der Waals surface area contributed by atoms with Crippen LogP contribution in [0.4, 0.5) is 18.9 Å². The third-order valence-corrected chi connectivity index (χ3v) is 7.40. The van der Waals surface area contributed by atoms with Crippen LogP contribution in [0.2, 0.25) is 0 Å². The van der Waals surface area contributed by atoms with Crippen molar-refractivity contribution in [2.24, 2.45) is 0 Å². The van der Waals surface area contributed by atoms with Gasteiger partial charge >= 0.3 is 10.2 Å². The Morgan fingerprint density at radius 2 is 1.87 bits per heavy atom. The Kier molecular flexibility index (Phi) is 5.01. The Morgan fingerprint density at radius 3 is 2.47 bits per heavy atom. The maximum absolute atomic E-state index is 13.5. The van der Waals surface area contributed by atoms with E-state index in [1.807, 2.05) is 0 Å². The highest BCUT2D eigenvalue weighted by molar-refractivity contribution is 7.90. The fraction of sp³-hybridized carbons (Fsp3) is 0.444. The first kappa shape index (κ1) is 20.7. The van der Waals surface area contributed by atoms with Gasteiger partial charge in [0.1, 0.15) is 0 Å². The van der Waals surface area contributed by atoms with Crippen LogP contribution in [0, 0.1) is 17.5 Å². The minimum absolute atomic E-state index is 0.0200. The number of benzene rings is 1. The molecule has 0 saturated carbocycles. The Bertz CT molecular complexity index is 1100. The molecule has 4 rings (SSSR count). The van der Waals surface area contributed by atoms with E-state index in [0.717, 1.165) is 12.1 Å². The zero-order valence-electron chi connectivity index (χ0n) is 16.3. The van der Waals surface area contributed by atoms with Gasteiger partial charge in [-0.05, 0) is 24.6 Å².